The van der Waals surface area contributed by atoms with Crippen LogP contribution in [-0.2, 0) is 4.74 Å². The largest absolute Gasteiger partial charge is 0.462 e. The molecule has 2 aromatic rings. The second kappa shape index (κ2) is 6.45. The minimum atomic E-state index is -0.304. The molecule has 0 saturated carbocycles. The van der Waals surface area contributed by atoms with Gasteiger partial charge in [0.25, 0.3) is 0 Å². The third-order valence-corrected chi connectivity index (χ3v) is 5.16. The summed E-state index contributed by atoms with van der Waals surface area (Å²) in [6.45, 7) is 6.38. The second-order valence-electron chi connectivity index (χ2n) is 6.15. The van der Waals surface area contributed by atoms with Gasteiger partial charge in [0.15, 0.2) is 0 Å². The topological polar surface area (TPSA) is 62.7 Å². The Morgan fingerprint density at radius 2 is 2.09 bits per heavy atom. The zero-order valence-electron chi connectivity index (χ0n) is 13.7. The molecule has 0 bridgehead atoms. The van der Waals surface area contributed by atoms with Crippen molar-refractivity contribution >= 4 is 33.2 Å². The van der Waals surface area contributed by atoms with Crippen molar-refractivity contribution in [2.24, 2.45) is 0 Å². The van der Waals surface area contributed by atoms with Crippen LogP contribution in [0.5, 0.6) is 0 Å². The lowest BCUT2D eigenvalue weighted by Gasteiger charge is -2.43. The Labute approximate surface area is 139 Å². The number of hydrogen-bond acceptors (Lipinski definition) is 6. The van der Waals surface area contributed by atoms with E-state index in [-0.39, 0.29) is 24.2 Å². The Bertz CT molecular complexity index is 703. The summed E-state index contributed by atoms with van der Waals surface area (Å²) in [7, 11) is 0. The number of benzene rings is 1. The van der Waals surface area contributed by atoms with Crippen molar-refractivity contribution in [3.63, 3.8) is 0 Å². The zero-order chi connectivity index (χ0) is 16.6. The van der Waals surface area contributed by atoms with Gasteiger partial charge in [-0.05, 0) is 45.7 Å². The molecule has 1 N–H and O–H groups in total. The maximum Gasteiger partial charge on any atom is 0.338 e. The molecule has 5 nitrogen and oxygen atoms in total. The molecule has 2 atom stereocenters. The number of ether oxygens (including phenoxy) is 1. The van der Waals surface area contributed by atoms with Crippen LogP contribution < -0.4 is 4.90 Å². The van der Waals surface area contributed by atoms with Crippen molar-refractivity contribution in [2.45, 2.75) is 51.8 Å². The zero-order valence-corrected chi connectivity index (χ0v) is 14.5. The van der Waals surface area contributed by atoms with Gasteiger partial charge in [-0.1, -0.05) is 0 Å². The first-order valence-corrected chi connectivity index (χ1v) is 8.90. The number of carbonyl (C=O) groups excluding carboxylic acids is 1. The molecular formula is C17H22N2O3S. The molecule has 124 valence electrons. The summed E-state index contributed by atoms with van der Waals surface area (Å²) in [6, 6.07) is 4.11. The molecule has 0 radical (unpaired) electrons. The fourth-order valence-corrected chi connectivity index (χ4v) is 4.23. The highest BCUT2D eigenvalue weighted by Gasteiger charge is 2.32. The molecule has 6 heteroatoms. The smallest absolute Gasteiger partial charge is 0.338 e. The number of thiazole rings is 1. The number of piperidine rings is 1. The van der Waals surface area contributed by atoms with Crippen LogP contribution in [-0.4, -0.2) is 40.9 Å². The SMILES string of the molecule is CCOC(=O)c1cc(N2[C@@H](C)CC(O)C[C@@H]2C)c2ncsc2c1. The first-order chi connectivity index (χ1) is 11.0. The van der Waals surface area contributed by atoms with E-state index >= 15 is 0 Å². The van der Waals surface area contributed by atoms with Crippen LogP contribution in [0.25, 0.3) is 10.2 Å². The third-order valence-electron chi connectivity index (χ3n) is 4.38. The van der Waals surface area contributed by atoms with Crippen molar-refractivity contribution in [2.75, 3.05) is 11.5 Å². The van der Waals surface area contributed by atoms with Crippen LogP contribution >= 0.6 is 11.3 Å². The molecule has 0 spiro atoms. The number of hydrogen-bond donors (Lipinski definition) is 1. The van der Waals surface area contributed by atoms with E-state index < -0.39 is 0 Å². The van der Waals surface area contributed by atoms with E-state index in [9.17, 15) is 9.90 Å². The van der Waals surface area contributed by atoms with E-state index in [4.69, 9.17) is 4.74 Å². The summed E-state index contributed by atoms with van der Waals surface area (Å²) in [6.07, 6.45) is 1.18. The van der Waals surface area contributed by atoms with E-state index in [0.29, 0.717) is 12.2 Å². The van der Waals surface area contributed by atoms with Crippen molar-refractivity contribution < 1.29 is 14.6 Å². The first-order valence-electron chi connectivity index (χ1n) is 8.02. The summed E-state index contributed by atoms with van der Waals surface area (Å²) in [4.78, 5) is 18.9. The van der Waals surface area contributed by atoms with Gasteiger partial charge in [0, 0.05) is 12.1 Å². The average Bonchev–Trinajstić information content (AvgIpc) is 2.94. The van der Waals surface area contributed by atoms with Gasteiger partial charge in [0.05, 0.1) is 34.2 Å². The number of anilines is 1. The van der Waals surface area contributed by atoms with Gasteiger partial charge in [0.1, 0.15) is 5.52 Å². The predicted octanol–water partition coefficient (Wildman–Crippen LogP) is 3.21. The highest BCUT2D eigenvalue weighted by molar-refractivity contribution is 7.16. The Hall–Kier alpha value is -1.66. The van der Waals surface area contributed by atoms with Crippen molar-refractivity contribution in [1.29, 1.82) is 0 Å². The molecular weight excluding hydrogens is 312 g/mol. The molecule has 0 amide bonds. The van der Waals surface area contributed by atoms with Crippen LogP contribution in [0.2, 0.25) is 0 Å². The van der Waals surface area contributed by atoms with Gasteiger partial charge < -0.3 is 14.7 Å². The van der Waals surface area contributed by atoms with Crippen LogP contribution in [0, 0.1) is 0 Å². The molecule has 1 saturated heterocycles. The third kappa shape index (κ3) is 3.05. The number of fused-ring (bicyclic) bond motifs is 1. The van der Waals surface area contributed by atoms with Crippen LogP contribution in [0.3, 0.4) is 0 Å². The Morgan fingerprint density at radius 3 is 2.74 bits per heavy atom. The molecule has 2 heterocycles. The molecule has 0 unspecified atom stereocenters. The number of carbonyl (C=O) groups is 1. The Balaban J connectivity index is 2.08. The number of nitrogens with zero attached hydrogens (tertiary/aromatic N) is 2. The molecule has 1 aromatic heterocycles. The molecule has 23 heavy (non-hydrogen) atoms. The van der Waals surface area contributed by atoms with Crippen LogP contribution in [0.15, 0.2) is 17.6 Å². The summed E-state index contributed by atoms with van der Waals surface area (Å²) >= 11 is 1.52. The standard InChI is InChI=1S/C17H22N2O3S/c1-4-22-17(21)12-7-14(16-15(8-12)23-9-18-16)19-10(2)5-13(20)6-11(19)3/h7-11,13,20H,4-6H2,1-3H3/t10-,11-/m0/s1. The van der Waals surface area contributed by atoms with E-state index in [1.165, 1.54) is 11.3 Å². The highest BCUT2D eigenvalue weighted by Crippen LogP contribution is 2.36. The number of aliphatic hydroxyl groups excluding tert-OH is 1. The highest BCUT2D eigenvalue weighted by atomic mass is 32.1. The molecule has 1 aliphatic rings. The van der Waals surface area contributed by atoms with Gasteiger partial charge in [0.2, 0.25) is 0 Å². The lowest BCUT2D eigenvalue weighted by atomic mass is 9.93. The number of rotatable bonds is 3. The Morgan fingerprint density at radius 1 is 1.39 bits per heavy atom. The van der Waals surface area contributed by atoms with Crippen molar-refractivity contribution in [3.05, 3.63) is 23.2 Å². The van der Waals surface area contributed by atoms with Gasteiger partial charge >= 0.3 is 5.97 Å². The van der Waals surface area contributed by atoms with E-state index in [1.54, 1.807) is 12.4 Å². The minimum Gasteiger partial charge on any atom is -0.462 e. The lowest BCUT2D eigenvalue weighted by Crippen LogP contribution is -2.48. The second-order valence-corrected chi connectivity index (χ2v) is 7.03. The van der Waals surface area contributed by atoms with E-state index in [2.05, 4.69) is 23.7 Å². The van der Waals surface area contributed by atoms with Crippen molar-refractivity contribution in [1.82, 2.24) is 4.98 Å². The number of aromatic nitrogens is 1. The van der Waals surface area contributed by atoms with E-state index in [0.717, 1.165) is 28.7 Å². The fourth-order valence-electron chi connectivity index (χ4n) is 3.50. The molecule has 3 rings (SSSR count). The first kappa shape index (κ1) is 16.2. The maximum absolute atomic E-state index is 12.2. The van der Waals surface area contributed by atoms with Gasteiger partial charge in [-0.25, -0.2) is 9.78 Å². The van der Waals surface area contributed by atoms with Crippen molar-refractivity contribution in [3.8, 4) is 0 Å². The predicted molar refractivity (Wildman–Crippen MR) is 92.2 cm³/mol. The molecule has 0 aliphatic carbocycles. The Kier molecular flexibility index (Phi) is 4.55. The molecule has 1 aromatic carbocycles. The molecule has 1 fully saturated rings. The number of aliphatic hydroxyl groups is 1. The summed E-state index contributed by atoms with van der Waals surface area (Å²) in [5.41, 5.74) is 4.23. The summed E-state index contributed by atoms with van der Waals surface area (Å²) in [5.74, 6) is -0.304. The fraction of sp³-hybridized carbons (Fsp3) is 0.529. The van der Waals surface area contributed by atoms with Gasteiger partial charge in [-0.3, -0.25) is 0 Å². The average molecular weight is 334 g/mol. The normalized spacial score (nSPS) is 24.9. The monoisotopic (exact) mass is 334 g/mol. The summed E-state index contributed by atoms with van der Waals surface area (Å²) < 4.78 is 6.14. The lowest BCUT2D eigenvalue weighted by molar-refractivity contribution is 0.0526. The molecule has 1 aliphatic heterocycles. The maximum atomic E-state index is 12.2. The van der Waals surface area contributed by atoms with E-state index in [1.807, 2.05) is 12.1 Å². The van der Waals surface area contributed by atoms with Gasteiger partial charge in [-0.15, -0.1) is 11.3 Å². The van der Waals surface area contributed by atoms with Crippen LogP contribution in [0.4, 0.5) is 5.69 Å². The van der Waals surface area contributed by atoms with Crippen LogP contribution in [0.1, 0.15) is 44.0 Å². The summed E-state index contributed by atoms with van der Waals surface area (Å²) in [5, 5.41) is 9.99. The minimum absolute atomic E-state index is 0.191. The van der Waals surface area contributed by atoms with Gasteiger partial charge in [-0.2, -0.15) is 0 Å². The number of esters is 1. The quantitative estimate of drug-likeness (QED) is 0.873.